The Bertz CT molecular complexity index is 658. The third-order valence-corrected chi connectivity index (χ3v) is 2.95. The van der Waals surface area contributed by atoms with Gasteiger partial charge in [-0.25, -0.2) is 4.39 Å². The average molecular weight is 288 g/mol. The molecule has 1 aliphatic rings. The molecule has 0 atom stereocenters. The van der Waals surface area contributed by atoms with Crippen molar-refractivity contribution in [1.82, 2.24) is 0 Å². The second-order valence-corrected chi connectivity index (χ2v) is 4.48. The minimum Gasteiger partial charge on any atom is -0.454 e. The monoisotopic (exact) mass is 288 g/mol. The van der Waals surface area contributed by atoms with Crippen molar-refractivity contribution in [2.75, 3.05) is 24.0 Å². The van der Waals surface area contributed by atoms with E-state index in [1.54, 1.807) is 30.3 Å². The molecular formula is C15H13FN2O3. The molecule has 2 aromatic rings. The minimum atomic E-state index is -0.314. The Morgan fingerprint density at radius 1 is 1.05 bits per heavy atom. The van der Waals surface area contributed by atoms with Crippen molar-refractivity contribution in [3.8, 4) is 11.5 Å². The normalized spacial score (nSPS) is 12.0. The molecule has 1 aliphatic heterocycles. The van der Waals surface area contributed by atoms with E-state index >= 15 is 0 Å². The minimum absolute atomic E-state index is 0.0834. The van der Waals surface area contributed by atoms with E-state index in [0.717, 1.165) is 0 Å². The number of anilines is 2. The first kappa shape index (κ1) is 13.2. The Hall–Kier alpha value is -2.76. The SMILES string of the molecule is O=C(CNc1ccc(F)cc1)Nc1ccc2c(c1)OCO2. The summed E-state index contributed by atoms with van der Waals surface area (Å²) in [5.41, 5.74) is 1.31. The molecule has 21 heavy (non-hydrogen) atoms. The van der Waals surface area contributed by atoms with Gasteiger partial charge in [-0.15, -0.1) is 0 Å². The van der Waals surface area contributed by atoms with E-state index in [1.807, 2.05) is 0 Å². The van der Waals surface area contributed by atoms with Gasteiger partial charge < -0.3 is 20.1 Å². The summed E-state index contributed by atoms with van der Waals surface area (Å²) >= 11 is 0. The van der Waals surface area contributed by atoms with Crippen LogP contribution >= 0.6 is 0 Å². The highest BCUT2D eigenvalue weighted by Gasteiger charge is 2.13. The third kappa shape index (κ3) is 3.22. The first-order chi connectivity index (χ1) is 10.2. The molecule has 0 fully saturated rings. The lowest BCUT2D eigenvalue weighted by molar-refractivity contribution is -0.114. The smallest absolute Gasteiger partial charge is 0.243 e. The first-order valence-electron chi connectivity index (χ1n) is 6.40. The molecule has 0 saturated heterocycles. The van der Waals surface area contributed by atoms with Gasteiger partial charge in [0.2, 0.25) is 12.7 Å². The standard InChI is InChI=1S/C15H13FN2O3/c16-10-1-3-11(4-2-10)17-8-15(19)18-12-5-6-13-14(7-12)21-9-20-13/h1-7,17H,8-9H2,(H,18,19). The maximum absolute atomic E-state index is 12.8. The van der Waals surface area contributed by atoms with Crippen LogP contribution in [0.3, 0.4) is 0 Å². The zero-order valence-corrected chi connectivity index (χ0v) is 11.1. The Labute approximate surface area is 120 Å². The number of hydrogen-bond donors (Lipinski definition) is 2. The third-order valence-electron chi connectivity index (χ3n) is 2.95. The molecule has 0 unspecified atom stereocenters. The summed E-state index contributed by atoms with van der Waals surface area (Å²) in [6, 6.07) is 11.0. The van der Waals surface area contributed by atoms with E-state index in [9.17, 15) is 9.18 Å². The van der Waals surface area contributed by atoms with Gasteiger partial charge in [0.05, 0.1) is 6.54 Å². The van der Waals surface area contributed by atoms with Gasteiger partial charge in [-0.2, -0.15) is 0 Å². The summed E-state index contributed by atoms with van der Waals surface area (Å²) < 4.78 is 23.2. The van der Waals surface area contributed by atoms with Crippen molar-refractivity contribution in [2.24, 2.45) is 0 Å². The van der Waals surface area contributed by atoms with Crippen LogP contribution in [-0.4, -0.2) is 19.2 Å². The molecular weight excluding hydrogens is 275 g/mol. The average Bonchev–Trinajstić information content (AvgIpc) is 2.94. The van der Waals surface area contributed by atoms with Crippen LogP contribution in [-0.2, 0) is 4.79 Å². The zero-order chi connectivity index (χ0) is 14.7. The molecule has 0 radical (unpaired) electrons. The summed E-state index contributed by atoms with van der Waals surface area (Å²) in [6.45, 7) is 0.277. The highest BCUT2D eigenvalue weighted by molar-refractivity contribution is 5.94. The molecule has 6 heteroatoms. The number of benzene rings is 2. The fraction of sp³-hybridized carbons (Fsp3) is 0.133. The van der Waals surface area contributed by atoms with Gasteiger partial charge in [0.15, 0.2) is 11.5 Å². The van der Waals surface area contributed by atoms with Crippen molar-refractivity contribution in [3.63, 3.8) is 0 Å². The van der Waals surface area contributed by atoms with Gasteiger partial charge in [0.25, 0.3) is 0 Å². The van der Waals surface area contributed by atoms with Crippen molar-refractivity contribution < 1.29 is 18.7 Å². The van der Waals surface area contributed by atoms with Crippen LogP contribution in [0.5, 0.6) is 11.5 Å². The molecule has 2 aromatic carbocycles. The molecule has 0 spiro atoms. The summed E-state index contributed by atoms with van der Waals surface area (Å²) in [4.78, 5) is 11.8. The number of ether oxygens (including phenoxy) is 2. The number of nitrogens with one attached hydrogen (secondary N) is 2. The summed E-state index contributed by atoms with van der Waals surface area (Å²) in [7, 11) is 0. The topological polar surface area (TPSA) is 59.6 Å². The lowest BCUT2D eigenvalue weighted by Gasteiger charge is -2.08. The summed E-state index contributed by atoms with van der Waals surface area (Å²) in [6.07, 6.45) is 0. The lowest BCUT2D eigenvalue weighted by atomic mass is 10.2. The number of halogens is 1. The van der Waals surface area contributed by atoms with E-state index in [4.69, 9.17) is 9.47 Å². The van der Waals surface area contributed by atoms with E-state index in [1.165, 1.54) is 12.1 Å². The molecule has 3 rings (SSSR count). The van der Waals surface area contributed by atoms with E-state index < -0.39 is 0 Å². The molecule has 5 nitrogen and oxygen atoms in total. The van der Waals surface area contributed by atoms with E-state index in [2.05, 4.69) is 10.6 Å². The molecule has 1 amide bonds. The quantitative estimate of drug-likeness (QED) is 0.908. The summed E-state index contributed by atoms with van der Waals surface area (Å²) in [5.74, 6) is 0.750. The maximum Gasteiger partial charge on any atom is 0.243 e. The Balaban J connectivity index is 1.55. The first-order valence-corrected chi connectivity index (χ1v) is 6.40. The van der Waals surface area contributed by atoms with Crippen molar-refractivity contribution in [1.29, 1.82) is 0 Å². The Morgan fingerprint density at radius 2 is 1.76 bits per heavy atom. The number of hydrogen-bond acceptors (Lipinski definition) is 4. The second kappa shape index (κ2) is 5.70. The number of carbonyl (C=O) groups is 1. The van der Waals surface area contributed by atoms with Crippen molar-refractivity contribution >= 4 is 17.3 Å². The highest BCUT2D eigenvalue weighted by Crippen LogP contribution is 2.34. The highest BCUT2D eigenvalue weighted by atomic mass is 19.1. The molecule has 108 valence electrons. The Morgan fingerprint density at radius 3 is 2.57 bits per heavy atom. The van der Waals surface area contributed by atoms with Gasteiger partial charge >= 0.3 is 0 Å². The fourth-order valence-electron chi connectivity index (χ4n) is 1.93. The predicted octanol–water partition coefficient (Wildman–Crippen LogP) is 2.61. The van der Waals surface area contributed by atoms with Gasteiger partial charge in [-0.1, -0.05) is 0 Å². The van der Waals surface area contributed by atoms with Gasteiger partial charge in [-0.3, -0.25) is 4.79 Å². The van der Waals surface area contributed by atoms with Crippen LogP contribution in [0.2, 0.25) is 0 Å². The molecule has 0 saturated carbocycles. The number of carbonyl (C=O) groups excluding carboxylic acids is 1. The molecule has 2 N–H and O–H groups in total. The van der Waals surface area contributed by atoms with Crippen LogP contribution < -0.4 is 20.1 Å². The van der Waals surface area contributed by atoms with Gasteiger partial charge in [0, 0.05) is 17.4 Å². The van der Waals surface area contributed by atoms with E-state index in [-0.39, 0.29) is 25.1 Å². The van der Waals surface area contributed by atoms with Gasteiger partial charge in [-0.05, 0) is 36.4 Å². The fourth-order valence-corrected chi connectivity index (χ4v) is 1.93. The van der Waals surface area contributed by atoms with Crippen LogP contribution in [0, 0.1) is 5.82 Å². The van der Waals surface area contributed by atoms with Crippen LogP contribution in [0.4, 0.5) is 15.8 Å². The largest absolute Gasteiger partial charge is 0.454 e. The molecule has 0 bridgehead atoms. The van der Waals surface area contributed by atoms with E-state index in [0.29, 0.717) is 22.9 Å². The maximum atomic E-state index is 12.8. The van der Waals surface area contributed by atoms with Gasteiger partial charge in [0.1, 0.15) is 5.82 Å². The van der Waals surface area contributed by atoms with Crippen molar-refractivity contribution in [3.05, 3.63) is 48.3 Å². The molecule has 0 aliphatic carbocycles. The van der Waals surface area contributed by atoms with Crippen molar-refractivity contribution in [2.45, 2.75) is 0 Å². The summed E-state index contributed by atoms with van der Waals surface area (Å²) in [5, 5.41) is 5.65. The Kier molecular flexibility index (Phi) is 3.59. The number of amides is 1. The van der Waals surface area contributed by atoms with Crippen LogP contribution in [0.15, 0.2) is 42.5 Å². The second-order valence-electron chi connectivity index (χ2n) is 4.48. The van der Waals surface area contributed by atoms with Crippen LogP contribution in [0.25, 0.3) is 0 Å². The molecule has 1 heterocycles. The van der Waals surface area contributed by atoms with Crippen LogP contribution in [0.1, 0.15) is 0 Å². The molecule has 0 aromatic heterocycles. The number of rotatable bonds is 4. The number of fused-ring (bicyclic) bond motifs is 1. The predicted molar refractivity (Wildman–Crippen MR) is 76.1 cm³/mol. The zero-order valence-electron chi connectivity index (χ0n) is 11.1. The lowest BCUT2D eigenvalue weighted by Crippen LogP contribution is -2.21.